The Morgan fingerprint density at radius 3 is 2.88 bits per heavy atom. The van der Waals surface area contributed by atoms with E-state index in [9.17, 15) is 0 Å². The third kappa shape index (κ3) is 6.70. The van der Waals surface area contributed by atoms with Crippen molar-refractivity contribution in [2.75, 3.05) is 25.1 Å². The first-order valence-corrected chi connectivity index (χ1v) is 9.02. The van der Waals surface area contributed by atoms with Gasteiger partial charge < -0.3 is 20.1 Å². The van der Waals surface area contributed by atoms with E-state index >= 15 is 0 Å². The molecule has 0 unspecified atom stereocenters. The van der Waals surface area contributed by atoms with Crippen LogP contribution in [0.1, 0.15) is 39.7 Å². The lowest BCUT2D eigenvalue weighted by Crippen LogP contribution is -2.10. The van der Waals surface area contributed by atoms with Crippen molar-refractivity contribution in [3.63, 3.8) is 0 Å². The summed E-state index contributed by atoms with van der Waals surface area (Å²) < 4.78 is 11.1. The number of hydrogen-bond donors (Lipinski definition) is 2. The predicted molar refractivity (Wildman–Crippen MR) is 111 cm³/mol. The number of anilines is 1. The van der Waals surface area contributed by atoms with Crippen molar-refractivity contribution in [3.05, 3.63) is 53.9 Å². The average molecular weight is 354 g/mol. The Morgan fingerprint density at radius 2 is 2.19 bits per heavy atom. The maximum absolute atomic E-state index is 5.76. The summed E-state index contributed by atoms with van der Waals surface area (Å²) in [5, 5.41) is 6.05. The van der Waals surface area contributed by atoms with Crippen molar-refractivity contribution in [2.24, 2.45) is 0 Å². The molecule has 4 nitrogen and oxygen atoms in total. The van der Waals surface area contributed by atoms with Crippen molar-refractivity contribution in [3.8, 4) is 18.2 Å². The first-order valence-electron chi connectivity index (χ1n) is 9.02. The van der Waals surface area contributed by atoms with E-state index in [4.69, 9.17) is 15.9 Å². The molecule has 0 radical (unpaired) electrons. The van der Waals surface area contributed by atoms with E-state index in [1.54, 1.807) is 0 Å². The summed E-state index contributed by atoms with van der Waals surface area (Å²) >= 11 is 0. The van der Waals surface area contributed by atoms with E-state index in [0.29, 0.717) is 19.8 Å². The fourth-order valence-electron chi connectivity index (χ4n) is 2.48. The van der Waals surface area contributed by atoms with Gasteiger partial charge in [-0.3, -0.25) is 0 Å². The van der Waals surface area contributed by atoms with Crippen LogP contribution in [0.25, 0.3) is 5.57 Å². The van der Waals surface area contributed by atoms with Gasteiger partial charge in [0.2, 0.25) is 0 Å². The lowest BCUT2D eigenvalue weighted by molar-refractivity contribution is 0.172. The Labute approximate surface area is 158 Å². The minimum atomic E-state index is 0.492. The Balaban J connectivity index is 0.00000163. The maximum Gasteiger partial charge on any atom is 0.126 e. The van der Waals surface area contributed by atoms with Gasteiger partial charge in [-0.15, -0.1) is 0 Å². The zero-order chi connectivity index (χ0) is 19.4. The summed E-state index contributed by atoms with van der Waals surface area (Å²) in [5.74, 6) is 0.895. The van der Waals surface area contributed by atoms with E-state index < -0.39 is 0 Å². The van der Waals surface area contributed by atoms with E-state index in [1.807, 2.05) is 46.0 Å². The van der Waals surface area contributed by atoms with Gasteiger partial charge in [-0.1, -0.05) is 32.9 Å². The van der Waals surface area contributed by atoms with Gasteiger partial charge in [0.05, 0.1) is 13.2 Å². The summed E-state index contributed by atoms with van der Waals surface area (Å²) in [7, 11) is 0. The highest BCUT2D eigenvalue weighted by Crippen LogP contribution is 2.35. The summed E-state index contributed by atoms with van der Waals surface area (Å²) in [6, 6.07) is 8.44. The van der Waals surface area contributed by atoms with E-state index in [1.165, 1.54) is 5.57 Å². The van der Waals surface area contributed by atoms with E-state index in [2.05, 4.69) is 35.4 Å². The summed E-state index contributed by atoms with van der Waals surface area (Å²) in [6.07, 6.45) is 10.0. The molecule has 0 saturated carbocycles. The van der Waals surface area contributed by atoms with Crippen molar-refractivity contribution in [1.82, 2.24) is 5.32 Å². The lowest BCUT2D eigenvalue weighted by atomic mass is 9.97. The molecule has 0 bridgehead atoms. The largest absolute Gasteiger partial charge is 0.493 e. The second-order valence-electron chi connectivity index (χ2n) is 5.52. The molecule has 1 aromatic rings. The molecule has 140 valence electrons. The SMILES string of the molecule is C#CN/C=C(C)/C=C1\CCOc2ccc(NC(=C)COCC)cc21.CC. The van der Waals surface area contributed by atoms with E-state index in [0.717, 1.165) is 34.7 Å². The van der Waals surface area contributed by atoms with Crippen LogP contribution in [0.4, 0.5) is 5.69 Å². The molecular weight excluding hydrogens is 324 g/mol. The molecule has 2 N–H and O–H groups in total. The maximum atomic E-state index is 5.76. The molecule has 0 aromatic heterocycles. The van der Waals surface area contributed by atoms with Crippen LogP contribution in [0.2, 0.25) is 0 Å². The number of benzene rings is 1. The molecule has 0 spiro atoms. The summed E-state index contributed by atoms with van der Waals surface area (Å²) in [4.78, 5) is 0. The number of hydrogen-bond acceptors (Lipinski definition) is 4. The molecule has 0 amide bonds. The first kappa shape index (κ1) is 21.4. The van der Waals surface area contributed by atoms with Crippen LogP contribution in [0, 0.1) is 12.5 Å². The molecule has 1 aliphatic rings. The third-order valence-corrected chi connectivity index (χ3v) is 3.54. The molecular formula is C22H30N2O2. The third-order valence-electron chi connectivity index (χ3n) is 3.54. The number of fused-ring (bicyclic) bond motifs is 1. The van der Waals surface area contributed by atoms with Crippen molar-refractivity contribution >= 4 is 11.3 Å². The topological polar surface area (TPSA) is 42.5 Å². The molecule has 2 rings (SSSR count). The minimum Gasteiger partial charge on any atom is -0.493 e. The van der Waals surface area contributed by atoms with Gasteiger partial charge in [-0.25, -0.2) is 0 Å². The number of terminal acetylenes is 1. The molecule has 1 aliphatic heterocycles. The van der Waals surface area contributed by atoms with Crippen molar-refractivity contribution in [2.45, 2.75) is 34.1 Å². The monoisotopic (exact) mass is 354 g/mol. The quantitative estimate of drug-likeness (QED) is 0.538. The van der Waals surface area contributed by atoms with Crippen molar-refractivity contribution < 1.29 is 9.47 Å². The number of nitrogens with one attached hydrogen (secondary N) is 2. The Bertz CT molecular complexity index is 697. The second-order valence-corrected chi connectivity index (χ2v) is 5.52. The van der Waals surface area contributed by atoms with Crippen LogP contribution < -0.4 is 15.4 Å². The van der Waals surface area contributed by atoms with Gasteiger partial charge in [0.15, 0.2) is 0 Å². The highest BCUT2D eigenvalue weighted by Gasteiger charge is 2.16. The van der Waals surface area contributed by atoms with Crippen LogP contribution in [-0.4, -0.2) is 19.8 Å². The average Bonchev–Trinajstić information content (AvgIpc) is 2.66. The minimum absolute atomic E-state index is 0.492. The zero-order valence-corrected chi connectivity index (χ0v) is 16.3. The summed E-state index contributed by atoms with van der Waals surface area (Å²) in [5.41, 5.74) is 5.17. The van der Waals surface area contributed by atoms with Gasteiger partial charge in [0, 0.05) is 42.2 Å². The van der Waals surface area contributed by atoms with Crippen LogP contribution in [0.15, 0.2) is 48.3 Å². The number of rotatable bonds is 7. The van der Waals surface area contributed by atoms with E-state index in [-0.39, 0.29) is 0 Å². The highest BCUT2D eigenvalue weighted by molar-refractivity contribution is 5.76. The molecule has 0 saturated heterocycles. The molecule has 0 atom stereocenters. The first-order chi connectivity index (χ1) is 12.6. The zero-order valence-electron chi connectivity index (χ0n) is 16.3. The molecule has 1 aromatic carbocycles. The van der Waals surface area contributed by atoms with Gasteiger partial charge in [-0.05, 0) is 43.2 Å². The normalized spacial score (nSPS) is 14.3. The fraction of sp³-hybridized carbons (Fsp3) is 0.364. The van der Waals surface area contributed by atoms with Gasteiger partial charge in [-0.2, -0.15) is 0 Å². The molecule has 26 heavy (non-hydrogen) atoms. The van der Waals surface area contributed by atoms with Crippen LogP contribution >= 0.6 is 0 Å². The highest BCUT2D eigenvalue weighted by atomic mass is 16.5. The summed E-state index contributed by atoms with van der Waals surface area (Å²) in [6.45, 7) is 13.8. The molecule has 0 aliphatic carbocycles. The molecule has 1 heterocycles. The van der Waals surface area contributed by atoms with Crippen molar-refractivity contribution in [1.29, 1.82) is 0 Å². The Morgan fingerprint density at radius 1 is 1.42 bits per heavy atom. The van der Waals surface area contributed by atoms with Gasteiger partial charge in [0.25, 0.3) is 0 Å². The second kappa shape index (κ2) is 11.8. The molecule has 0 fully saturated rings. The van der Waals surface area contributed by atoms with Gasteiger partial charge in [0.1, 0.15) is 5.75 Å². The Kier molecular flexibility index (Phi) is 9.74. The Hall–Kier alpha value is -2.64. The van der Waals surface area contributed by atoms with Crippen LogP contribution in [0.5, 0.6) is 5.75 Å². The smallest absolute Gasteiger partial charge is 0.126 e. The lowest BCUT2D eigenvalue weighted by Gasteiger charge is -2.22. The van der Waals surface area contributed by atoms with Gasteiger partial charge >= 0.3 is 0 Å². The number of ether oxygens (including phenoxy) is 2. The predicted octanol–water partition coefficient (Wildman–Crippen LogP) is 4.92. The standard InChI is InChI=1S/C20H24N2O2.C2H6/c1-5-21-13-15(3)11-17-9-10-24-20-8-7-18(12-19(17)20)22-16(4)14-23-6-2;1-2/h1,7-8,11-13,21-22H,4,6,9-10,14H2,2-3H3;1-2H3/b15-13+,17-11+;. The molecule has 4 heteroatoms. The van der Waals surface area contributed by atoms with Crippen LogP contribution in [0.3, 0.4) is 0 Å². The number of allylic oxidation sites excluding steroid dienone is 2. The van der Waals surface area contributed by atoms with Crippen LogP contribution in [-0.2, 0) is 4.74 Å². The fourth-order valence-corrected chi connectivity index (χ4v) is 2.48.